The van der Waals surface area contributed by atoms with Gasteiger partial charge in [-0.05, 0) is 101 Å². The number of ether oxygens (including phenoxy) is 14. The van der Waals surface area contributed by atoms with Gasteiger partial charge in [-0.1, -0.05) is 51.6 Å². The van der Waals surface area contributed by atoms with Crippen LogP contribution in [0.4, 0.5) is 0 Å². The van der Waals surface area contributed by atoms with E-state index < -0.39 is 88.5 Å². The minimum atomic E-state index is -0.975. The smallest absolute Gasteiger partial charge is 0.343 e. The van der Waals surface area contributed by atoms with E-state index >= 15 is 0 Å². The van der Waals surface area contributed by atoms with E-state index in [1.807, 2.05) is 0 Å². The molecule has 0 spiro atoms. The van der Waals surface area contributed by atoms with Crippen LogP contribution in [0.1, 0.15) is 62.3 Å². The topological polar surface area (TPSA) is 266 Å². The summed E-state index contributed by atoms with van der Waals surface area (Å²) >= 11 is 0. The summed E-state index contributed by atoms with van der Waals surface area (Å²) in [6.45, 7) is 25.2. The van der Waals surface area contributed by atoms with Crippen molar-refractivity contribution < 1.29 is 105 Å². The molecule has 22 heteroatoms. The molecule has 0 heterocycles. The summed E-state index contributed by atoms with van der Waals surface area (Å²) in [5.74, 6) is -8.36. The van der Waals surface area contributed by atoms with Crippen LogP contribution in [0, 0.1) is 0 Å². The minimum absolute atomic E-state index is 0.0320. The summed E-state index contributed by atoms with van der Waals surface area (Å²) in [6.07, 6.45) is 0. The van der Waals surface area contributed by atoms with Crippen molar-refractivity contribution >= 4 is 58.5 Å². The van der Waals surface area contributed by atoms with Crippen LogP contribution in [-0.4, -0.2) is 88.5 Å². The zero-order chi connectivity index (χ0) is 56.2. The number of hydrogen-bond acceptors (Lipinski definition) is 22. The molecule has 0 amide bonds. The van der Waals surface area contributed by atoms with Gasteiger partial charge in [0.25, 0.3) is 0 Å². The Bertz CT molecular complexity index is 2710. The number of carbonyl (C=O) groups is 8. The van der Waals surface area contributed by atoms with Crippen molar-refractivity contribution in [1.29, 1.82) is 0 Å². The highest BCUT2D eigenvalue weighted by Gasteiger charge is 2.25. The number of benzene rings is 4. The first-order valence-corrected chi connectivity index (χ1v) is 22.0. The standard InChI is InChI=1S/C54H52O22/c1-29(2)47(55)69-23-63-41-19-37(20-42(64-24-70-48(56)30(3)4)45(41)67-27-73-51(59)33(9)10)53(61)75-39-15-13-36-18-40(16-14-35(36)17-39)76-54(62)38-21-43(65-25-71-49(57)31(5)6)46(68-28-74-52(60)34(11)12)44(22-38)66-26-72-50(58)32(7)8/h13-22H,1,3,5,7,9,11,23-28H2,2,4,6,8,10,12H3. The predicted octanol–water partition coefficient (Wildman–Crippen LogP) is 8.01. The van der Waals surface area contributed by atoms with Crippen molar-refractivity contribution in [2.24, 2.45) is 0 Å². The van der Waals surface area contributed by atoms with Crippen molar-refractivity contribution in [3.63, 3.8) is 0 Å². The Labute approximate surface area is 435 Å². The molecule has 0 saturated heterocycles. The van der Waals surface area contributed by atoms with Gasteiger partial charge in [0, 0.05) is 33.4 Å². The second-order valence-corrected chi connectivity index (χ2v) is 15.9. The molecule has 0 aliphatic rings. The van der Waals surface area contributed by atoms with Gasteiger partial charge in [0.05, 0.1) is 11.1 Å². The lowest BCUT2D eigenvalue weighted by Gasteiger charge is -2.18. The summed E-state index contributed by atoms with van der Waals surface area (Å²) < 4.78 is 75.7. The van der Waals surface area contributed by atoms with Gasteiger partial charge in [-0.25, -0.2) is 38.4 Å². The Morgan fingerprint density at radius 2 is 0.553 bits per heavy atom. The maximum absolute atomic E-state index is 13.8. The molecular formula is C54H52O22. The van der Waals surface area contributed by atoms with Gasteiger partial charge in [0.2, 0.25) is 52.3 Å². The van der Waals surface area contributed by atoms with E-state index in [0.29, 0.717) is 10.8 Å². The van der Waals surface area contributed by atoms with E-state index in [1.165, 1.54) is 65.8 Å². The van der Waals surface area contributed by atoms with Crippen LogP contribution in [0.15, 0.2) is 134 Å². The highest BCUT2D eigenvalue weighted by atomic mass is 16.7. The molecule has 0 aliphatic carbocycles. The average Bonchev–Trinajstić information content (AvgIpc) is 3.36. The van der Waals surface area contributed by atoms with Gasteiger partial charge in [-0.3, -0.25) is 0 Å². The number of carbonyl (C=O) groups excluding carboxylic acids is 8. The van der Waals surface area contributed by atoms with E-state index in [4.69, 9.17) is 66.3 Å². The van der Waals surface area contributed by atoms with Gasteiger partial charge >= 0.3 is 47.8 Å². The largest absolute Gasteiger partial charge is 0.453 e. The van der Waals surface area contributed by atoms with Crippen molar-refractivity contribution in [2.75, 3.05) is 40.8 Å². The van der Waals surface area contributed by atoms with Gasteiger partial charge in [-0.15, -0.1) is 0 Å². The fourth-order valence-electron chi connectivity index (χ4n) is 5.37. The third-order valence-corrected chi connectivity index (χ3v) is 9.21. The molecule has 0 atom stereocenters. The molecule has 0 saturated carbocycles. The van der Waals surface area contributed by atoms with Crippen LogP contribution in [0.25, 0.3) is 10.8 Å². The third-order valence-electron chi connectivity index (χ3n) is 9.21. The lowest BCUT2D eigenvalue weighted by atomic mass is 10.1. The van der Waals surface area contributed by atoms with Gasteiger partial charge in [-0.2, -0.15) is 0 Å². The molecule has 0 aliphatic heterocycles. The van der Waals surface area contributed by atoms with Crippen LogP contribution in [-0.2, 0) is 57.2 Å². The molecule has 4 aromatic rings. The maximum atomic E-state index is 13.8. The van der Waals surface area contributed by atoms with Crippen molar-refractivity contribution in [2.45, 2.75) is 41.5 Å². The fraction of sp³-hybridized carbons (Fsp3) is 0.222. The Kier molecular flexibility index (Phi) is 21.5. The zero-order valence-corrected chi connectivity index (χ0v) is 42.2. The van der Waals surface area contributed by atoms with E-state index in [2.05, 4.69) is 39.5 Å². The first-order valence-electron chi connectivity index (χ1n) is 22.0. The van der Waals surface area contributed by atoms with Crippen LogP contribution in [0.3, 0.4) is 0 Å². The molecule has 0 N–H and O–H groups in total. The van der Waals surface area contributed by atoms with E-state index in [1.54, 1.807) is 12.1 Å². The van der Waals surface area contributed by atoms with Crippen molar-refractivity contribution in [3.8, 4) is 46.0 Å². The molecule has 0 bridgehead atoms. The zero-order valence-electron chi connectivity index (χ0n) is 42.2. The predicted molar refractivity (Wildman–Crippen MR) is 265 cm³/mol. The van der Waals surface area contributed by atoms with Gasteiger partial charge in [0.15, 0.2) is 23.0 Å². The highest BCUT2D eigenvalue weighted by Crippen LogP contribution is 2.41. The minimum Gasteiger partial charge on any atom is -0.453 e. The molecule has 400 valence electrons. The summed E-state index contributed by atoms with van der Waals surface area (Å²) in [6, 6.07) is 13.6. The molecule has 4 aromatic carbocycles. The Morgan fingerprint density at radius 3 is 0.776 bits per heavy atom. The second-order valence-electron chi connectivity index (χ2n) is 15.9. The molecule has 4 rings (SSSR count). The lowest BCUT2D eigenvalue weighted by Crippen LogP contribution is -2.16. The summed E-state index contributed by atoms with van der Waals surface area (Å²) in [5.41, 5.74) is -0.0844. The molecule has 0 radical (unpaired) electrons. The van der Waals surface area contributed by atoms with Crippen LogP contribution < -0.4 is 37.9 Å². The average molecular weight is 1050 g/mol. The van der Waals surface area contributed by atoms with Crippen LogP contribution >= 0.6 is 0 Å². The monoisotopic (exact) mass is 1050 g/mol. The molecule has 0 aromatic heterocycles. The molecule has 76 heavy (non-hydrogen) atoms. The number of hydrogen-bond donors (Lipinski definition) is 0. The summed E-state index contributed by atoms with van der Waals surface area (Å²) in [5, 5.41) is 0.998. The highest BCUT2D eigenvalue weighted by molar-refractivity contribution is 5.96. The van der Waals surface area contributed by atoms with Crippen LogP contribution in [0.5, 0.6) is 46.0 Å². The number of fused-ring (bicyclic) bond motifs is 1. The molecule has 22 nitrogen and oxygen atoms in total. The van der Waals surface area contributed by atoms with Crippen molar-refractivity contribution in [3.05, 3.63) is 145 Å². The SMILES string of the molecule is C=C(C)C(=O)OCOc1cc(C(=O)Oc2ccc3cc(OC(=O)c4cc(OCOC(=O)C(=C)C)c(OCOC(=O)C(=C)C)c(OCOC(=O)C(=C)C)c4)ccc3c2)cc(OCOC(=O)C(=C)C)c1OCOC(=O)C(=C)C. The summed E-state index contributed by atoms with van der Waals surface area (Å²) in [7, 11) is 0. The fourth-order valence-corrected chi connectivity index (χ4v) is 5.37. The maximum Gasteiger partial charge on any atom is 0.343 e. The summed E-state index contributed by atoms with van der Waals surface area (Å²) in [4.78, 5) is 100. The van der Waals surface area contributed by atoms with E-state index in [0.717, 1.165) is 24.3 Å². The normalized spacial score (nSPS) is 10.2. The van der Waals surface area contributed by atoms with Gasteiger partial charge in [0.1, 0.15) is 11.5 Å². The van der Waals surface area contributed by atoms with E-state index in [9.17, 15) is 38.4 Å². The molecular weight excluding hydrogens is 1000 g/mol. The number of esters is 8. The van der Waals surface area contributed by atoms with Crippen LogP contribution in [0.2, 0.25) is 0 Å². The quantitative estimate of drug-likeness (QED) is 0.0171. The number of rotatable bonds is 28. The van der Waals surface area contributed by atoms with Gasteiger partial charge < -0.3 is 66.3 Å². The Balaban J connectivity index is 1.65. The third kappa shape index (κ3) is 17.7. The van der Waals surface area contributed by atoms with E-state index in [-0.39, 0.29) is 90.6 Å². The first-order chi connectivity index (χ1) is 35.9. The van der Waals surface area contributed by atoms with Crippen molar-refractivity contribution in [1.82, 2.24) is 0 Å². The molecule has 0 unspecified atom stereocenters. The Hall–Kier alpha value is -9.86. The molecule has 0 fully saturated rings. The Morgan fingerprint density at radius 1 is 0.329 bits per heavy atom. The first kappa shape index (κ1) is 58.7. The second kappa shape index (κ2) is 27.8. The lowest BCUT2D eigenvalue weighted by molar-refractivity contribution is -0.148.